The molecule has 7 nitrogen and oxygen atoms in total. The van der Waals surface area contributed by atoms with Crippen LogP contribution < -0.4 is 11.2 Å². The van der Waals surface area contributed by atoms with E-state index in [1.54, 1.807) is 11.6 Å². The Kier molecular flexibility index (Phi) is 4.41. The lowest BCUT2D eigenvalue weighted by atomic mass is 10.2. The maximum atomic E-state index is 12.6. The van der Waals surface area contributed by atoms with E-state index in [0.717, 1.165) is 20.8 Å². The summed E-state index contributed by atoms with van der Waals surface area (Å²) in [5.74, 6) is 0. The number of halogens is 2. The lowest BCUT2D eigenvalue weighted by molar-refractivity contribution is 0.701. The molecule has 1 aromatic carbocycles. The average molecular weight is 422 g/mol. The van der Waals surface area contributed by atoms with Gasteiger partial charge in [0.1, 0.15) is 5.01 Å². The van der Waals surface area contributed by atoms with Gasteiger partial charge in [-0.3, -0.25) is 13.9 Å². The van der Waals surface area contributed by atoms with Crippen molar-refractivity contribution in [3.05, 3.63) is 66.5 Å². The summed E-state index contributed by atoms with van der Waals surface area (Å²) in [5.41, 5.74) is 1.32. The molecule has 0 aliphatic rings. The number of nitrogens with zero attached hydrogens (tertiary/aromatic N) is 5. The second kappa shape index (κ2) is 6.63. The smallest absolute Gasteiger partial charge is 0.303 e. The largest absolute Gasteiger partial charge is 0.332 e. The van der Waals surface area contributed by atoms with Gasteiger partial charge < -0.3 is 4.57 Å². The average Bonchev–Trinajstić information content (AvgIpc) is 3.24. The molecule has 0 bridgehead atoms. The highest BCUT2D eigenvalue weighted by Gasteiger charge is 2.19. The Bertz CT molecular complexity index is 1280. The van der Waals surface area contributed by atoms with E-state index < -0.39 is 11.2 Å². The minimum absolute atomic E-state index is 0.129. The van der Waals surface area contributed by atoms with E-state index in [0.29, 0.717) is 5.02 Å². The van der Waals surface area contributed by atoms with Crippen LogP contribution in [0.5, 0.6) is 0 Å². The number of fused-ring (bicyclic) bond motifs is 1. The quantitative estimate of drug-likeness (QED) is 0.476. The third-order valence-electron chi connectivity index (χ3n) is 4.26. The van der Waals surface area contributed by atoms with Crippen LogP contribution in [0.4, 0.5) is 0 Å². The zero-order chi connectivity index (χ0) is 19.3. The van der Waals surface area contributed by atoms with Crippen molar-refractivity contribution in [3.63, 3.8) is 0 Å². The fraction of sp³-hybridized carbons (Fsp3) is 0.176. The van der Waals surface area contributed by atoms with Crippen LogP contribution in [-0.2, 0) is 20.6 Å². The van der Waals surface area contributed by atoms with E-state index >= 15 is 0 Å². The van der Waals surface area contributed by atoms with Gasteiger partial charge >= 0.3 is 5.69 Å². The summed E-state index contributed by atoms with van der Waals surface area (Å²) in [4.78, 5) is 33.5. The highest BCUT2D eigenvalue weighted by molar-refractivity contribution is 7.13. The van der Waals surface area contributed by atoms with Crippen molar-refractivity contribution in [1.29, 1.82) is 0 Å². The Balaban J connectivity index is 1.79. The van der Waals surface area contributed by atoms with Crippen LogP contribution in [-0.4, -0.2) is 23.7 Å². The van der Waals surface area contributed by atoms with Crippen molar-refractivity contribution in [2.24, 2.45) is 14.1 Å². The van der Waals surface area contributed by atoms with E-state index in [1.807, 2.05) is 29.6 Å². The molecule has 0 aliphatic carbocycles. The summed E-state index contributed by atoms with van der Waals surface area (Å²) in [6.07, 6.45) is 0. The molecule has 138 valence electrons. The van der Waals surface area contributed by atoms with Gasteiger partial charge in [-0.2, -0.15) is 4.98 Å². The Morgan fingerprint density at radius 2 is 1.74 bits per heavy atom. The molecule has 3 heterocycles. The standard InChI is InChI=1S/C17H13Cl2N5O2S/c1-22-13-12(15(25)23(2)17(22)26)24(16(19)21-13)7-11-8-27-14(20-11)9-3-5-10(18)6-4-9/h3-6,8H,7H2,1-2H3. The highest BCUT2D eigenvalue weighted by Crippen LogP contribution is 2.26. The van der Waals surface area contributed by atoms with E-state index in [2.05, 4.69) is 9.97 Å². The van der Waals surface area contributed by atoms with Gasteiger partial charge in [-0.15, -0.1) is 11.3 Å². The molecular weight excluding hydrogens is 409 g/mol. The zero-order valence-electron chi connectivity index (χ0n) is 14.3. The minimum atomic E-state index is -0.451. The predicted molar refractivity (Wildman–Crippen MR) is 107 cm³/mol. The number of aryl methyl sites for hydroxylation is 1. The molecular formula is C17H13Cl2N5O2S. The molecule has 0 aliphatic heterocycles. The summed E-state index contributed by atoms with van der Waals surface area (Å²) >= 11 is 13.7. The Morgan fingerprint density at radius 1 is 1.04 bits per heavy atom. The van der Waals surface area contributed by atoms with Gasteiger partial charge in [-0.1, -0.05) is 23.7 Å². The molecule has 0 atom stereocenters. The Morgan fingerprint density at radius 3 is 2.44 bits per heavy atom. The molecule has 10 heteroatoms. The number of thiazole rings is 1. The Hall–Kier alpha value is -2.42. The van der Waals surface area contributed by atoms with Gasteiger partial charge in [0, 0.05) is 30.1 Å². The van der Waals surface area contributed by atoms with Crippen molar-refractivity contribution >= 4 is 45.7 Å². The zero-order valence-corrected chi connectivity index (χ0v) is 16.6. The first kappa shape index (κ1) is 18.0. The molecule has 0 radical (unpaired) electrons. The first-order valence-electron chi connectivity index (χ1n) is 7.89. The molecule has 3 aromatic heterocycles. The summed E-state index contributed by atoms with van der Waals surface area (Å²) in [5, 5.41) is 3.53. The van der Waals surface area contributed by atoms with Crippen LogP contribution in [0.25, 0.3) is 21.7 Å². The minimum Gasteiger partial charge on any atom is -0.303 e. The fourth-order valence-electron chi connectivity index (χ4n) is 2.83. The molecule has 0 saturated heterocycles. The van der Waals surface area contributed by atoms with Crippen LogP contribution in [0, 0.1) is 0 Å². The number of hydrogen-bond donors (Lipinski definition) is 0. The molecule has 0 saturated carbocycles. The van der Waals surface area contributed by atoms with Crippen LogP contribution in [0.1, 0.15) is 5.69 Å². The lowest BCUT2D eigenvalue weighted by Gasteiger charge is -2.06. The van der Waals surface area contributed by atoms with Gasteiger partial charge in [-0.05, 0) is 23.7 Å². The molecule has 0 fully saturated rings. The summed E-state index contributed by atoms with van der Waals surface area (Å²) in [6, 6.07) is 7.41. The summed E-state index contributed by atoms with van der Waals surface area (Å²) in [7, 11) is 2.98. The van der Waals surface area contributed by atoms with E-state index in [4.69, 9.17) is 23.2 Å². The third kappa shape index (κ3) is 2.99. The van der Waals surface area contributed by atoms with Crippen LogP contribution >= 0.6 is 34.5 Å². The van der Waals surface area contributed by atoms with Crippen molar-refractivity contribution in [2.45, 2.75) is 6.54 Å². The van der Waals surface area contributed by atoms with Crippen molar-refractivity contribution < 1.29 is 0 Å². The lowest BCUT2D eigenvalue weighted by Crippen LogP contribution is -2.37. The number of rotatable bonds is 3. The highest BCUT2D eigenvalue weighted by atomic mass is 35.5. The Labute approximate surface area is 167 Å². The second-order valence-corrected chi connectivity index (χ2v) is 7.63. The van der Waals surface area contributed by atoms with Gasteiger partial charge in [0.05, 0.1) is 12.2 Å². The molecule has 0 amide bonds. The van der Waals surface area contributed by atoms with Crippen molar-refractivity contribution in [1.82, 2.24) is 23.7 Å². The third-order valence-corrected chi connectivity index (χ3v) is 5.75. The molecule has 27 heavy (non-hydrogen) atoms. The van der Waals surface area contributed by atoms with Crippen molar-refractivity contribution in [3.8, 4) is 10.6 Å². The first-order chi connectivity index (χ1) is 12.9. The molecule has 4 rings (SSSR count). The van der Waals surface area contributed by atoms with Gasteiger partial charge in [0.2, 0.25) is 5.28 Å². The van der Waals surface area contributed by atoms with E-state index in [9.17, 15) is 9.59 Å². The first-order valence-corrected chi connectivity index (χ1v) is 9.52. The molecule has 4 aromatic rings. The summed E-state index contributed by atoms with van der Waals surface area (Å²) in [6.45, 7) is 0.271. The van der Waals surface area contributed by atoms with Crippen molar-refractivity contribution in [2.75, 3.05) is 0 Å². The monoisotopic (exact) mass is 421 g/mol. The SMILES string of the molecule is Cn1c(=O)c2c(nc(Cl)n2Cc2csc(-c3ccc(Cl)cc3)n2)n(C)c1=O. The van der Waals surface area contributed by atoms with Crippen LogP contribution in [0.15, 0.2) is 39.2 Å². The number of imidazole rings is 1. The second-order valence-electron chi connectivity index (χ2n) is 6.00. The molecule has 0 N–H and O–H groups in total. The van der Waals surface area contributed by atoms with Gasteiger partial charge in [-0.25, -0.2) is 9.78 Å². The van der Waals surface area contributed by atoms with Crippen LogP contribution in [0.3, 0.4) is 0 Å². The molecule has 0 spiro atoms. The molecule has 0 unspecified atom stereocenters. The predicted octanol–water partition coefficient (Wildman–Crippen LogP) is 2.91. The van der Waals surface area contributed by atoms with E-state index in [1.165, 1.54) is 23.0 Å². The fourth-order valence-corrected chi connectivity index (χ4v) is 4.00. The van der Waals surface area contributed by atoms with Gasteiger partial charge in [0.25, 0.3) is 5.56 Å². The number of benzene rings is 1. The topological polar surface area (TPSA) is 74.7 Å². The maximum absolute atomic E-state index is 12.6. The normalized spacial score (nSPS) is 11.4. The summed E-state index contributed by atoms with van der Waals surface area (Å²) < 4.78 is 3.91. The maximum Gasteiger partial charge on any atom is 0.332 e. The number of hydrogen-bond acceptors (Lipinski definition) is 5. The van der Waals surface area contributed by atoms with E-state index in [-0.39, 0.29) is 23.0 Å². The van der Waals surface area contributed by atoms with Crippen LogP contribution in [0.2, 0.25) is 10.3 Å². The van der Waals surface area contributed by atoms with Gasteiger partial charge in [0.15, 0.2) is 11.2 Å². The number of aromatic nitrogens is 5.